The first-order valence-electron chi connectivity index (χ1n) is 4.10. The van der Waals surface area contributed by atoms with Gasteiger partial charge >= 0.3 is 5.97 Å². The van der Waals surface area contributed by atoms with Crippen molar-refractivity contribution < 1.29 is 14.6 Å². The summed E-state index contributed by atoms with van der Waals surface area (Å²) in [7, 11) is 0. The van der Waals surface area contributed by atoms with Crippen molar-refractivity contribution in [2.75, 3.05) is 5.73 Å². The zero-order chi connectivity index (χ0) is 10.1. The number of aliphatic carboxylic acids is 1. The van der Waals surface area contributed by atoms with Crippen LogP contribution in [0.15, 0.2) is 0 Å². The number of rotatable bonds is 2. The number of ether oxygens (including phenoxy) is 1. The van der Waals surface area contributed by atoms with Crippen LogP contribution in [0.2, 0.25) is 0 Å². The maximum atomic E-state index is 10.4. The minimum absolute atomic E-state index is 0.211. The van der Waals surface area contributed by atoms with E-state index in [1.165, 1.54) is 0 Å². The van der Waals surface area contributed by atoms with Crippen LogP contribution in [-0.2, 0) is 29.2 Å². The fourth-order valence-corrected chi connectivity index (χ4v) is 1.34. The van der Waals surface area contributed by atoms with E-state index >= 15 is 0 Å². The summed E-state index contributed by atoms with van der Waals surface area (Å²) in [6.45, 7) is 0.795. The normalized spacial score (nSPS) is 14.0. The Bertz CT molecular complexity index is 392. The van der Waals surface area contributed by atoms with Crippen LogP contribution in [0.25, 0.3) is 0 Å². The van der Waals surface area contributed by atoms with Gasteiger partial charge in [-0.25, -0.2) is 9.97 Å². The van der Waals surface area contributed by atoms with Crippen molar-refractivity contribution in [3.05, 3.63) is 17.1 Å². The molecule has 1 aromatic rings. The lowest BCUT2D eigenvalue weighted by atomic mass is 10.2. The van der Waals surface area contributed by atoms with Gasteiger partial charge in [-0.1, -0.05) is 0 Å². The maximum absolute atomic E-state index is 10.4. The second-order valence-corrected chi connectivity index (χ2v) is 3.01. The SMILES string of the molecule is Nc1nc(CC(=O)O)nc2c1COC2. The van der Waals surface area contributed by atoms with Gasteiger partial charge in [0.1, 0.15) is 18.1 Å². The molecule has 0 aromatic carbocycles. The molecule has 1 aliphatic heterocycles. The molecule has 0 unspecified atom stereocenters. The van der Waals surface area contributed by atoms with Crippen LogP contribution >= 0.6 is 0 Å². The molecule has 1 aromatic heterocycles. The molecule has 0 bridgehead atoms. The number of carboxylic acid groups (broad SMARTS) is 1. The summed E-state index contributed by atoms with van der Waals surface area (Å²) < 4.78 is 5.13. The number of aromatic nitrogens is 2. The summed E-state index contributed by atoms with van der Waals surface area (Å²) in [4.78, 5) is 18.4. The molecule has 2 rings (SSSR count). The van der Waals surface area contributed by atoms with Gasteiger partial charge in [-0.15, -0.1) is 0 Å². The molecule has 6 heteroatoms. The molecular formula is C8H9N3O3. The minimum atomic E-state index is -0.969. The van der Waals surface area contributed by atoms with Gasteiger partial charge in [0.05, 0.1) is 18.9 Å². The summed E-state index contributed by atoms with van der Waals surface area (Å²) in [6, 6.07) is 0. The third-order valence-electron chi connectivity index (χ3n) is 1.97. The predicted molar refractivity (Wildman–Crippen MR) is 46.3 cm³/mol. The van der Waals surface area contributed by atoms with E-state index in [1.54, 1.807) is 0 Å². The van der Waals surface area contributed by atoms with Gasteiger partial charge in [0.2, 0.25) is 0 Å². The van der Waals surface area contributed by atoms with Crippen molar-refractivity contribution in [3.63, 3.8) is 0 Å². The number of nitrogen functional groups attached to an aromatic ring is 1. The molecule has 0 atom stereocenters. The summed E-state index contributed by atoms with van der Waals surface area (Å²) in [5.41, 5.74) is 7.10. The number of carbonyl (C=O) groups is 1. The minimum Gasteiger partial charge on any atom is -0.481 e. The summed E-state index contributed by atoms with van der Waals surface area (Å²) in [5.74, 6) is -0.411. The molecule has 6 nitrogen and oxygen atoms in total. The number of nitrogens with zero attached hydrogens (tertiary/aromatic N) is 2. The van der Waals surface area contributed by atoms with E-state index in [0.717, 1.165) is 5.56 Å². The number of hydrogen-bond acceptors (Lipinski definition) is 5. The highest BCUT2D eigenvalue weighted by Gasteiger charge is 2.18. The Kier molecular flexibility index (Phi) is 2.05. The van der Waals surface area contributed by atoms with E-state index in [9.17, 15) is 4.79 Å². The highest BCUT2D eigenvalue weighted by Crippen LogP contribution is 2.22. The Labute approximate surface area is 79.7 Å². The van der Waals surface area contributed by atoms with E-state index in [4.69, 9.17) is 15.6 Å². The van der Waals surface area contributed by atoms with Gasteiger partial charge in [0.15, 0.2) is 0 Å². The largest absolute Gasteiger partial charge is 0.481 e. The first kappa shape index (κ1) is 8.89. The van der Waals surface area contributed by atoms with Crippen molar-refractivity contribution >= 4 is 11.8 Å². The fraction of sp³-hybridized carbons (Fsp3) is 0.375. The van der Waals surface area contributed by atoms with Gasteiger partial charge in [-0.2, -0.15) is 0 Å². The highest BCUT2D eigenvalue weighted by molar-refractivity contribution is 5.69. The second kappa shape index (κ2) is 3.22. The standard InChI is InChI=1S/C8H9N3O3/c9-8-4-2-14-3-5(4)10-6(11-8)1-7(12)13/h1-3H2,(H,12,13)(H2,9,10,11). The lowest BCUT2D eigenvalue weighted by Gasteiger charge is -2.02. The Balaban J connectivity index is 2.36. The lowest BCUT2D eigenvalue weighted by Crippen LogP contribution is -2.09. The monoisotopic (exact) mass is 195 g/mol. The smallest absolute Gasteiger partial charge is 0.311 e. The summed E-state index contributed by atoms with van der Waals surface area (Å²) in [5, 5.41) is 8.55. The van der Waals surface area contributed by atoms with Gasteiger partial charge in [-0.05, 0) is 0 Å². The number of carboxylic acids is 1. The Morgan fingerprint density at radius 3 is 3.00 bits per heavy atom. The van der Waals surface area contributed by atoms with Crippen LogP contribution in [0.5, 0.6) is 0 Å². The summed E-state index contributed by atoms with van der Waals surface area (Å²) >= 11 is 0. The molecular weight excluding hydrogens is 186 g/mol. The van der Waals surface area contributed by atoms with Gasteiger partial charge in [0, 0.05) is 5.56 Å². The molecule has 0 saturated carbocycles. The second-order valence-electron chi connectivity index (χ2n) is 3.01. The molecule has 0 spiro atoms. The zero-order valence-corrected chi connectivity index (χ0v) is 7.36. The average Bonchev–Trinajstić information content (AvgIpc) is 2.50. The third kappa shape index (κ3) is 1.51. The molecule has 0 aliphatic carbocycles. The van der Waals surface area contributed by atoms with Crippen molar-refractivity contribution in [2.24, 2.45) is 0 Å². The van der Waals surface area contributed by atoms with Crippen molar-refractivity contribution in [2.45, 2.75) is 19.6 Å². The first-order chi connectivity index (χ1) is 6.66. The molecule has 3 N–H and O–H groups in total. The Morgan fingerprint density at radius 1 is 1.50 bits per heavy atom. The number of anilines is 1. The van der Waals surface area contributed by atoms with Crippen molar-refractivity contribution in [3.8, 4) is 0 Å². The quantitative estimate of drug-likeness (QED) is 0.673. The van der Waals surface area contributed by atoms with Crippen LogP contribution in [0, 0.1) is 0 Å². The van der Waals surface area contributed by atoms with Crippen LogP contribution in [-0.4, -0.2) is 21.0 Å². The molecule has 14 heavy (non-hydrogen) atoms. The van der Waals surface area contributed by atoms with Gasteiger partial charge in [0.25, 0.3) is 0 Å². The first-order valence-corrected chi connectivity index (χ1v) is 4.10. The van der Waals surface area contributed by atoms with Crippen LogP contribution in [0.4, 0.5) is 5.82 Å². The van der Waals surface area contributed by atoms with E-state index in [1.807, 2.05) is 0 Å². The molecule has 0 saturated heterocycles. The summed E-state index contributed by atoms with van der Waals surface area (Å²) in [6.07, 6.45) is -0.211. The maximum Gasteiger partial charge on any atom is 0.311 e. The number of fused-ring (bicyclic) bond motifs is 1. The molecule has 0 radical (unpaired) electrons. The molecule has 0 amide bonds. The van der Waals surface area contributed by atoms with Crippen LogP contribution in [0.3, 0.4) is 0 Å². The van der Waals surface area contributed by atoms with E-state index in [0.29, 0.717) is 24.7 Å². The van der Waals surface area contributed by atoms with Crippen molar-refractivity contribution in [1.29, 1.82) is 0 Å². The van der Waals surface area contributed by atoms with Crippen molar-refractivity contribution in [1.82, 2.24) is 9.97 Å². The molecule has 1 aliphatic rings. The zero-order valence-electron chi connectivity index (χ0n) is 7.36. The predicted octanol–water partition coefficient (Wildman–Crippen LogP) is -0.284. The lowest BCUT2D eigenvalue weighted by molar-refractivity contribution is -0.136. The Hall–Kier alpha value is -1.69. The van der Waals surface area contributed by atoms with Gasteiger partial charge in [-0.3, -0.25) is 4.79 Å². The van der Waals surface area contributed by atoms with Gasteiger partial charge < -0.3 is 15.6 Å². The average molecular weight is 195 g/mol. The molecule has 2 heterocycles. The van der Waals surface area contributed by atoms with Crippen LogP contribution < -0.4 is 5.73 Å². The van der Waals surface area contributed by atoms with Crippen LogP contribution in [0.1, 0.15) is 17.1 Å². The Morgan fingerprint density at radius 2 is 2.29 bits per heavy atom. The molecule has 74 valence electrons. The van der Waals surface area contributed by atoms with E-state index in [-0.39, 0.29) is 12.2 Å². The van der Waals surface area contributed by atoms with E-state index in [2.05, 4.69) is 9.97 Å². The number of nitrogens with two attached hydrogens (primary N) is 1. The molecule has 0 fully saturated rings. The third-order valence-corrected chi connectivity index (χ3v) is 1.97. The topological polar surface area (TPSA) is 98.3 Å². The highest BCUT2D eigenvalue weighted by atomic mass is 16.5. The van der Waals surface area contributed by atoms with E-state index < -0.39 is 5.97 Å². The number of hydrogen-bond donors (Lipinski definition) is 2. The fourth-order valence-electron chi connectivity index (χ4n) is 1.34.